The van der Waals surface area contributed by atoms with Crippen molar-refractivity contribution in [3.8, 4) is 0 Å². The highest BCUT2D eigenvalue weighted by molar-refractivity contribution is 5.96. The molecule has 2 aromatic rings. The Labute approximate surface area is 114 Å². The lowest BCUT2D eigenvalue weighted by atomic mass is 10.1. The van der Waals surface area contributed by atoms with Gasteiger partial charge in [-0.15, -0.1) is 4.73 Å². The van der Waals surface area contributed by atoms with Crippen LogP contribution in [0.25, 0.3) is 10.8 Å². The largest absolute Gasteiger partial charge is 0.413 e. The molecule has 0 radical (unpaired) electrons. The van der Waals surface area contributed by atoms with Gasteiger partial charge in [-0.05, 0) is 36.1 Å². The van der Waals surface area contributed by atoms with Gasteiger partial charge in [-0.1, -0.05) is 0 Å². The Bertz CT molecular complexity index is 750. The molecule has 0 aliphatic carbocycles. The van der Waals surface area contributed by atoms with Crippen molar-refractivity contribution in [2.75, 3.05) is 20.2 Å². The second-order valence-corrected chi connectivity index (χ2v) is 4.69. The van der Waals surface area contributed by atoms with Gasteiger partial charge in [0, 0.05) is 13.1 Å². The van der Waals surface area contributed by atoms with Crippen molar-refractivity contribution >= 4 is 16.7 Å². The van der Waals surface area contributed by atoms with Crippen LogP contribution in [0, 0.1) is 5.82 Å². The smallest absolute Gasteiger partial charge is 0.291 e. The second kappa shape index (κ2) is 4.63. The van der Waals surface area contributed by atoms with E-state index in [2.05, 4.69) is 0 Å². The fraction of sp³-hybridized carbons (Fsp3) is 0.286. The average molecular weight is 276 g/mol. The molecule has 1 aliphatic heterocycles. The minimum Gasteiger partial charge on any atom is -0.413 e. The Morgan fingerprint density at radius 2 is 2.05 bits per heavy atom. The van der Waals surface area contributed by atoms with Crippen LogP contribution in [0.2, 0.25) is 0 Å². The van der Waals surface area contributed by atoms with Gasteiger partial charge in [-0.25, -0.2) is 4.39 Å². The monoisotopic (exact) mass is 276 g/mol. The van der Waals surface area contributed by atoms with Crippen LogP contribution in [0.4, 0.5) is 4.39 Å². The van der Waals surface area contributed by atoms with E-state index < -0.39 is 11.4 Å². The summed E-state index contributed by atoms with van der Waals surface area (Å²) in [6.07, 6.45) is 0.950. The minimum atomic E-state index is -0.464. The summed E-state index contributed by atoms with van der Waals surface area (Å²) in [5, 5.41) is 0.709. The Morgan fingerprint density at radius 1 is 1.30 bits per heavy atom. The lowest BCUT2D eigenvalue weighted by Gasteiger charge is -2.31. The predicted molar refractivity (Wildman–Crippen MR) is 71.2 cm³/mol. The van der Waals surface area contributed by atoms with E-state index in [4.69, 9.17) is 4.84 Å². The van der Waals surface area contributed by atoms with Gasteiger partial charge in [-0.2, -0.15) is 0 Å². The lowest BCUT2D eigenvalue weighted by molar-refractivity contribution is 0.0589. The Kier molecular flexibility index (Phi) is 2.93. The number of carbonyl (C=O) groups is 1. The zero-order chi connectivity index (χ0) is 14.3. The number of hydrogen-bond donors (Lipinski definition) is 0. The number of carbonyl (C=O) groups excluding carboxylic acids is 1. The first-order valence-electron chi connectivity index (χ1n) is 6.31. The number of benzene rings is 1. The normalized spacial score (nSPS) is 14.2. The van der Waals surface area contributed by atoms with Crippen LogP contribution in [-0.2, 0) is 0 Å². The van der Waals surface area contributed by atoms with Gasteiger partial charge in [-0.3, -0.25) is 9.59 Å². The van der Waals surface area contributed by atoms with Crippen molar-refractivity contribution in [2.24, 2.45) is 0 Å². The molecule has 0 unspecified atom stereocenters. The predicted octanol–water partition coefficient (Wildman–Crippen LogP) is 1.04. The molecule has 0 atom stereocenters. The summed E-state index contributed by atoms with van der Waals surface area (Å²) in [5.74, 6) is -0.726. The highest BCUT2D eigenvalue weighted by Crippen LogP contribution is 2.17. The zero-order valence-electron chi connectivity index (χ0n) is 10.9. The number of fused-ring (bicyclic) bond motifs is 1. The van der Waals surface area contributed by atoms with Crippen LogP contribution < -0.4 is 10.4 Å². The van der Waals surface area contributed by atoms with Crippen LogP contribution in [-0.4, -0.2) is 35.7 Å². The van der Waals surface area contributed by atoms with E-state index >= 15 is 0 Å². The lowest BCUT2D eigenvalue weighted by Crippen LogP contribution is -2.44. The van der Waals surface area contributed by atoms with Crippen molar-refractivity contribution in [1.82, 2.24) is 9.63 Å². The molecule has 1 amide bonds. The molecule has 5 nitrogen and oxygen atoms in total. The number of nitrogens with zero attached hydrogens (tertiary/aromatic N) is 2. The first-order valence-corrected chi connectivity index (χ1v) is 6.31. The van der Waals surface area contributed by atoms with Crippen LogP contribution >= 0.6 is 0 Å². The van der Waals surface area contributed by atoms with E-state index in [1.165, 1.54) is 31.4 Å². The summed E-state index contributed by atoms with van der Waals surface area (Å²) >= 11 is 0. The Hall–Kier alpha value is -2.37. The summed E-state index contributed by atoms with van der Waals surface area (Å²) in [4.78, 5) is 31.2. The minimum absolute atomic E-state index is 0.121. The van der Waals surface area contributed by atoms with Crippen molar-refractivity contribution in [3.05, 3.63) is 46.1 Å². The van der Waals surface area contributed by atoms with E-state index in [9.17, 15) is 14.0 Å². The van der Waals surface area contributed by atoms with Gasteiger partial charge in [0.2, 0.25) is 0 Å². The quantitative estimate of drug-likeness (QED) is 0.823. The van der Waals surface area contributed by atoms with E-state index in [0.717, 1.165) is 11.2 Å². The number of pyridine rings is 1. The van der Waals surface area contributed by atoms with Gasteiger partial charge in [0.25, 0.3) is 11.5 Å². The van der Waals surface area contributed by atoms with E-state index in [1.54, 1.807) is 4.90 Å². The molecule has 0 bridgehead atoms. The van der Waals surface area contributed by atoms with Crippen molar-refractivity contribution in [3.63, 3.8) is 0 Å². The van der Waals surface area contributed by atoms with Gasteiger partial charge in [0.05, 0.1) is 5.39 Å². The second-order valence-electron chi connectivity index (χ2n) is 4.69. The summed E-state index contributed by atoms with van der Waals surface area (Å²) in [7, 11) is 1.32. The summed E-state index contributed by atoms with van der Waals surface area (Å²) in [6.45, 7) is 1.33. The number of amides is 1. The molecule has 2 heterocycles. The molecule has 0 saturated carbocycles. The van der Waals surface area contributed by atoms with Crippen LogP contribution in [0.5, 0.6) is 0 Å². The first-order chi connectivity index (χ1) is 9.61. The highest BCUT2D eigenvalue weighted by atomic mass is 19.1. The molecule has 0 spiro atoms. The average Bonchev–Trinajstić information content (AvgIpc) is 2.36. The van der Waals surface area contributed by atoms with Crippen LogP contribution in [0.15, 0.2) is 29.1 Å². The first kappa shape index (κ1) is 12.7. The van der Waals surface area contributed by atoms with E-state index in [1.807, 2.05) is 0 Å². The molecule has 1 aromatic carbocycles. The summed E-state index contributed by atoms with van der Waals surface area (Å²) < 4.78 is 14.2. The van der Waals surface area contributed by atoms with Crippen molar-refractivity contribution in [1.29, 1.82) is 0 Å². The topological polar surface area (TPSA) is 51.5 Å². The van der Waals surface area contributed by atoms with Crippen LogP contribution in [0.3, 0.4) is 0 Å². The maximum atomic E-state index is 13.3. The Morgan fingerprint density at radius 3 is 2.65 bits per heavy atom. The van der Waals surface area contributed by atoms with E-state index in [-0.39, 0.29) is 11.6 Å². The standard InChI is InChI=1S/C14H13FN2O3/c1-20-17-12(14(19)16-5-2-6-16)8-9-7-10(15)3-4-11(9)13(17)18/h3-4,7-8H,2,5-6H2,1H3. The van der Waals surface area contributed by atoms with Gasteiger partial charge < -0.3 is 9.74 Å². The maximum Gasteiger partial charge on any atom is 0.291 e. The number of hydrogen-bond acceptors (Lipinski definition) is 3. The molecule has 3 rings (SSSR count). The molecule has 1 aliphatic rings. The van der Waals surface area contributed by atoms with E-state index in [0.29, 0.717) is 23.9 Å². The third-order valence-electron chi connectivity index (χ3n) is 3.48. The Balaban J connectivity index is 2.24. The van der Waals surface area contributed by atoms with Crippen LogP contribution in [0.1, 0.15) is 16.9 Å². The zero-order valence-corrected chi connectivity index (χ0v) is 10.9. The molecular weight excluding hydrogens is 263 g/mol. The highest BCUT2D eigenvalue weighted by Gasteiger charge is 2.25. The van der Waals surface area contributed by atoms with Crippen molar-refractivity contribution < 1.29 is 14.0 Å². The molecule has 6 heteroatoms. The fourth-order valence-corrected chi connectivity index (χ4v) is 2.28. The molecule has 20 heavy (non-hydrogen) atoms. The maximum absolute atomic E-state index is 13.3. The number of aromatic nitrogens is 1. The van der Waals surface area contributed by atoms with Gasteiger partial charge in [0.15, 0.2) is 0 Å². The molecule has 1 saturated heterocycles. The van der Waals surface area contributed by atoms with Gasteiger partial charge >= 0.3 is 0 Å². The number of rotatable bonds is 2. The number of halogens is 1. The summed E-state index contributed by atoms with van der Waals surface area (Å²) in [6, 6.07) is 5.33. The van der Waals surface area contributed by atoms with Crippen molar-refractivity contribution in [2.45, 2.75) is 6.42 Å². The fourth-order valence-electron chi connectivity index (χ4n) is 2.28. The van der Waals surface area contributed by atoms with Gasteiger partial charge in [0.1, 0.15) is 18.6 Å². The molecule has 104 valence electrons. The molecule has 1 aromatic heterocycles. The number of likely N-dealkylation sites (tertiary alicyclic amines) is 1. The third kappa shape index (κ3) is 1.84. The third-order valence-corrected chi connectivity index (χ3v) is 3.48. The molecule has 1 fully saturated rings. The summed E-state index contributed by atoms with van der Waals surface area (Å²) in [5.41, 5.74) is -0.343. The SMILES string of the molecule is COn1c(C(=O)N2CCC2)cc2cc(F)ccc2c1=O. The molecule has 0 N–H and O–H groups in total. The molecular formula is C14H13FN2O3.